The van der Waals surface area contributed by atoms with Gasteiger partial charge in [0.25, 0.3) is 0 Å². The minimum atomic E-state index is 0.746. The molecule has 4 aromatic rings. The Kier molecular flexibility index (Phi) is 8.09. The lowest BCUT2D eigenvalue weighted by Gasteiger charge is -2.18. The van der Waals surface area contributed by atoms with E-state index in [1.165, 1.54) is 75.8 Å². The molecule has 0 heterocycles. The van der Waals surface area contributed by atoms with E-state index in [2.05, 4.69) is 81.4 Å². The summed E-state index contributed by atoms with van der Waals surface area (Å²) in [6.45, 7) is 6.83. The van der Waals surface area contributed by atoms with Crippen LogP contribution in [0.5, 0.6) is 0 Å². The van der Waals surface area contributed by atoms with Crippen LogP contribution in [0.1, 0.15) is 75.4 Å². The molecule has 0 N–H and O–H groups in total. The molecule has 192 valence electrons. The van der Waals surface area contributed by atoms with Gasteiger partial charge in [0, 0.05) is 0 Å². The predicted molar refractivity (Wildman–Crippen MR) is 160 cm³/mol. The summed E-state index contributed by atoms with van der Waals surface area (Å²) in [7, 11) is 0. The fourth-order valence-corrected chi connectivity index (χ4v) is 6.21. The SMILES string of the molecule is CCc1cc(C)c(CCc2cccc(-c3ccc4c(c3)CCCC4)c2C)cc1CCc1cccc(C#N)c1. The molecule has 1 aliphatic rings. The molecular formula is C37H39N. The van der Waals surface area contributed by atoms with Crippen molar-refractivity contribution in [1.29, 1.82) is 5.26 Å². The molecule has 38 heavy (non-hydrogen) atoms. The summed E-state index contributed by atoms with van der Waals surface area (Å²) in [5, 5.41) is 9.25. The third-order valence-corrected chi connectivity index (χ3v) is 8.55. The first-order valence-electron chi connectivity index (χ1n) is 14.4. The van der Waals surface area contributed by atoms with Crippen molar-refractivity contribution >= 4 is 0 Å². The van der Waals surface area contributed by atoms with Gasteiger partial charge in [0.05, 0.1) is 11.6 Å². The number of benzene rings is 4. The highest BCUT2D eigenvalue weighted by Crippen LogP contribution is 2.31. The Morgan fingerprint density at radius 3 is 2.26 bits per heavy atom. The second-order valence-corrected chi connectivity index (χ2v) is 11.0. The molecule has 0 aromatic heterocycles. The third-order valence-electron chi connectivity index (χ3n) is 8.55. The van der Waals surface area contributed by atoms with Crippen molar-refractivity contribution in [2.45, 2.75) is 78.6 Å². The fourth-order valence-electron chi connectivity index (χ4n) is 6.21. The van der Waals surface area contributed by atoms with Gasteiger partial charge >= 0.3 is 0 Å². The number of nitriles is 1. The van der Waals surface area contributed by atoms with Crippen LogP contribution >= 0.6 is 0 Å². The predicted octanol–water partition coefficient (Wildman–Crippen LogP) is 8.85. The molecule has 0 amide bonds. The Hall–Kier alpha value is -3.63. The van der Waals surface area contributed by atoms with Gasteiger partial charge in [-0.25, -0.2) is 0 Å². The molecule has 0 saturated heterocycles. The molecule has 0 spiro atoms. The lowest BCUT2D eigenvalue weighted by atomic mass is 9.87. The molecular weight excluding hydrogens is 458 g/mol. The van der Waals surface area contributed by atoms with Crippen molar-refractivity contribution in [3.63, 3.8) is 0 Å². The van der Waals surface area contributed by atoms with Gasteiger partial charge in [0.2, 0.25) is 0 Å². The maximum atomic E-state index is 9.25. The van der Waals surface area contributed by atoms with E-state index in [0.717, 1.165) is 37.7 Å². The summed E-state index contributed by atoms with van der Waals surface area (Å²) >= 11 is 0. The van der Waals surface area contributed by atoms with E-state index in [1.54, 1.807) is 11.1 Å². The lowest BCUT2D eigenvalue weighted by Crippen LogP contribution is -2.04. The van der Waals surface area contributed by atoms with E-state index in [1.807, 2.05) is 18.2 Å². The maximum absolute atomic E-state index is 9.25. The number of fused-ring (bicyclic) bond motifs is 1. The zero-order chi connectivity index (χ0) is 26.5. The number of nitrogens with zero attached hydrogens (tertiary/aromatic N) is 1. The van der Waals surface area contributed by atoms with Crippen LogP contribution in [-0.4, -0.2) is 0 Å². The molecule has 0 aliphatic heterocycles. The minimum absolute atomic E-state index is 0.746. The van der Waals surface area contributed by atoms with Gasteiger partial charge < -0.3 is 0 Å². The van der Waals surface area contributed by atoms with Gasteiger partial charge in [0.15, 0.2) is 0 Å². The molecule has 0 radical (unpaired) electrons. The highest BCUT2D eigenvalue weighted by molar-refractivity contribution is 5.70. The van der Waals surface area contributed by atoms with Crippen molar-refractivity contribution in [2.24, 2.45) is 0 Å². The summed E-state index contributed by atoms with van der Waals surface area (Å²) in [6, 6.07) is 29.2. The third kappa shape index (κ3) is 5.76. The van der Waals surface area contributed by atoms with Crippen molar-refractivity contribution in [2.75, 3.05) is 0 Å². The quantitative estimate of drug-likeness (QED) is 0.238. The van der Waals surface area contributed by atoms with E-state index >= 15 is 0 Å². The van der Waals surface area contributed by atoms with Crippen LogP contribution in [0.25, 0.3) is 11.1 Å². The highest BCUT2D eigenvalue weighted by atomic mass is 14.2. The average molecular weight is 498 g/mol. The molecule has 4 aromatic carbocycles. The van der Waals surface area contributed by atoms with E-state index in [9.17, 15) is 5.26 Å². The molecule has 5 rings (SSSR count). The maximum Gasteiger partial charge on any atom is 0.0991 e. The van der Waals surface area contributed by atoms with Gasteiger partial charge in [-0.2, -0.15) is 5.26 Å². The molecule has 0 saturated carbocycles. The largest absolute Gasteiger partial charge is 0.192 e. The molecule has 0 atom stereocenters. The first kappa shape index (κ1) is 26.0. The van der Waals surface area contributed by atoms with Crippen LogP contribution < -0.4 is 0 Å². The number of rotatable bonds is 8. The summed E-state index contributed by atoms with van der Waals surface area (Å²) in [6.07, 6.45) is 10.2. The molecule has 0 fully saturated rings. The highest BCUT2D eigenvalue weighted by Gasteiger charge is 2.13. The standard InChI is InChI=1S/C37H39N/c1-4-30-21-26(2)33(23-35(30)16-15-28-9-7-10-29(22-28)25-38)19-17-31-13-8-14-37(27(31)3)36-20-18-32-11-5-6-12-34(32)24-36/h7-10,13-14,18,20-24H,4-6,11-12,15-17,19H2,1-3H3. The van der Waals surface area contributed by atoms with Gasteiger partial charge in [-0.1, -0.05) is 67.6 Å². The molecule has 0 bridgehead atoms. The van der Waals surface area contributed by atoms with Crippen LogP contribution in [0.4, 0.5) is 0 Å². The van der Waals surface area contributed by atoms with E-state index < -0.39 is 0 Å². The van der Waals surface area contributed by atoms with Crippen LogP contribution in [0.2, 0.25) is 0 Å². The normalized spacial score (nSPS) is 12.7. The summed E-state index contributed by atoms with van der Waals surface area (Å²) in [4.78, 5) is 0. The molecule has 1 heteroatoms. The van der Waals surface area contributed by atoms with Gasteiger partial charge in [-0.15, -0.1) is 0 Å². The zero-order valence-electron chi connectivity index (χ0n) is 23.2. The Bertz CT molecular complexity index is 1480. The Morgan fingerprint density at radius 2 is 1.45 bits per heavy atom. The summed E-state index contributed by atoms with van der Waals surface area (Å²) < 4.78 is 0. The zero-order valence-corrected chi connectivity index (χ0v) is 23.2. The smallest absolute Gasteiger partial charge is 0.0991 e. The van der Waals surface area contributed by atoms with Crippen molar-refractivity contribution in [1.82, 2.24) is 0 Å². The molecule has 1 nitrogen and oxygen atoms in total. The van der Waals surface area contributed by atoms with E-state index in [4.69, 9.17) is 0 Å². The van der Waals surface area contributed by atoms with Crippen molar-refractivity contribution in [3.05, 3.63) is 128 Å². The molecule has 0 unspecified atom stereocenters. The Morgan fingerprint density at radius 1 is 0.684 bits per heavy atom. The van der Waals surface area contributed by atoms with E-state index in [-0.39, 0.29) is 0 Å². The average Bonchev–Trinajstić information content (AvgIpc) is 2.96. The lowest BCUT2D eigenvalue weighted by molar-refractivity contribution is 0.686. The van der Waals surface area contributed by atoms with Crippen LogP contribution in [-0.2, 0) is 44.9 Å². The Balaban J connectivity index is 1.34. The van der Waals surface area contributed by atoms with Crippen molar-refractivity contribution < 1.29 is 0 Å². The Labute approximate surface area is 229 Å². The van der Waals surface area contributed by atoms with Gasteiger partial charge in [-0.3, -0.25) is 0 Å². The summed E-state index contributed by atoms with van der Waals surface area (Å²) in [5.74, 6) is 0. The second kappa shape index (κ2) is 11.8. The second-order valence-electron chi connectivity index (χ2n) is 11.0. The van der Waals surface area contributed by atoms with Crippen LogP contribution in [0, 0.1) is 25.2 Å². The van der Waals surface area contributed by atoms with Gasteiger partial charge in [-0.05, 0) is 145 Å². The molecule has 1 aliphatic carbocycles. The fraction of sp³-hybridized carbons (Fsp3) is 0.324. The topological polar surface area (TPSA) is 23.8 Å². The first-order valence-corrected chi connectivity index (χ1v) is 14.4. The number of aryl methyl sites for hydroxylation is 8. The van der Waals surface area contributed by atoms with Gasteiger partial charge in [0.1, 0.15) is 0 Å². The van der Waals surface area contributed by atoms with Crippen molar-refractivity contribution in [3.8, 4) is 17.2 Å². The first-order chi connectivity index (χ1) is 18.6. The number of hydrogen-bond acceptors (Lipinski definition) is 1. The van der Waals surface area contributed by atoms with Crippen LogP contribution in [0.15, 0.2) is 72.8 Å². The summed E-state index contributed by atoms with van der Waals surface area (Å²) in [5.41, 5.74) is 16.5. The minimum Gasteiger partial charge on any atom is -0.192 e. The monoisotopic (exact) mass is 497 g/mol. The number of hydrogen-bond donors (Lipinski definition) is 0. The van der Waals surface area contributed by atoms with E-state index in [0.29, 0.717) is 0 Å². The van der Waals surface area contributed by atoms with Crippen LogP contribution in [0.3, 0.4) is 0 Å².